The summed E-state index contributed by atoms with van der Waals surface area (Å²) in [5, 5.41) is 9.74. The molecule has 21 heavy (non-hydrogen) atoms. The molecule has 0 fully saturated rings. The van der Waals surface area contributed by atoms with E-state index in [-0.39, 0.29) is 13.0 Å². The molecular formula is C14H16Cl2N2O3. The number of methoxy groups -OCH3 is 1. The SMILES string of the molecule is COC(C)(C)c1nc2cc(Cl)c(Cl)cc2n1CCC(=O)O. The molecule has 0 amide bonds. The number of carbonyl (C=O) groups is 1. The smallest absolute Gasteiger partial charge is 0.305 e. The first-order chi connectivity index (χ1) is 9.76. The molecule has 2 rings (SSSR count). The summed E-state index contributed by atoms with van der Waals surface area (Å²) in [6, 6.07) is 3.37. The summed E-state index contributed by atoms with van der Waals surface area (Å²) in [6.07, 6.45) is -0.0154. The van der Waals surface area contributed by atoms with Crippen LogP contribution in [0.25, 0.3) is 11.0 Å². The minimum absolute atomic E-state index is 0.0154. The van der Waals surface area contributed by atoms with Gasteiger partial charge in [0.25, 0.3) is 0 Å². The molecule has 5 nitrogen and oxygen atoms in total. The van der Waals surface area contributed by atoms with Crippen molar-refractivity contribution < 1.29 is 14.6 Å². The van der Waals surface area contributed by atoms with Gasteiger partial charge in [0.05, 0.1) is 27.5 Å². The van der Waals surface area contributed by atoms with E-state index < -0.39 is 11.6 Å². The number of aryl methyl sites for hydroxylation is 1. The van der Waals surface area contributed by atoms with Gasteiger partial charge >= 0.3 is 5.97 Å². The minimum Gasteiger partial charge on any atom is -0.481 e. The largest absolute Gasteiger partial charge is 0.481 e. The number of fused-ring (bicyclic) bond motifs is 1. The van der Waals surface area contributed by atoms with Crippen LogP contribution in [0.4, 0.5) is 0 Å². The maximum atomic E-state index is 10.9. The van der Waals surface area contributed by atoms with E-state index in [0.717, 1.165) is 5.52 Å². The lowest BCUT2D eigenvalue weighted by atomic mass is 10.1. The Balaban J connectivity index is 2.65. The lowest BCUT2D eigenvalue weighted by Gasteiger charge is -2.23. The summed E-state index contributed by atoms with van der Waals surface area (Å²) in [5.41, 5.74) is 0.747. The number of imidazole rings is 1. The first-order valence-corrected chi connectivity index (χ1v) is 7.14. The maximum absolute atomic E-state index is 10.9. The van der Waals surface area contributed by atoms with Crippen molar-refractivity contribution in [1.82, 2.24) is 9.55 Å². The van der Waals surface area contributed by atoms with Crippen molar-refractivity contribution in [2.75, 3.05) is 7.11 Å². The Labute approximate surface area is 132 Å². The molecule has 7 heteroatoms. The molecule has 0 saturated carbocycles. The van der Waals surface area contributed by atoms with Gasteiger partial charge in [-0.05, 0) is 26.0 Å². The summed E-state index contributed by atoms with van der Waals surface area (Å²) in [6.45, 7) is 4.02. The lowest BCUT2D eigenvalue weighted by Crippen LogP contribution is -2.25. The molecule has 1 N–H and O–H groups in total. The van der Waals surface area contributed by atoms with Gasteiger partial charge in [-0.2, -0.15) is 0 Å². The maximum Gasteiger partial charge on any atom is 0.305 e. The predicted molar refractivity (Wildman–Crippen MR) is 82.0 cm³/mol. The number of aliphatic carboxylic acids is 1. The number of carboxylic acids is 1. The molecule has 0 saturated heterocycles. The molecular weight excluding hydrogens is 315 g/mol. The minimum atomic E-state index is -0.877. The fraction of sp³-hybridized carbons (Fsp3) is 0.429. The summed E-state index contributed by atoms with van der Waals surface area (Å²) in [4.78, 5) is 15.4. The zero-order chi connectivity index (χ0) is 15.8. The van der Waals surface area contributed by atoms with Gasteiger partial charge in [-0.15, -0.1) is 0 Å². The Morgan fingerprint density at radius 2 is 2.00 bits per heavy atom. The number of ether oxygens (including phenoxy) is 1. The van der Waals surface area contributed by atoms with Crippen LogP contribution in [0, 0.1) is 0 Å². The molecule has 1 aromatic heterocycles. The van der Waals surface area contributed by atoms with E-state index in [0.29, 0.717) is 21.4 Å². The third-order valence-electron chi connectivity index (χ3n) is 3.39. The Morgan fingerprint density at radius 1 is 1.38 bits per heavy atom. The average molecular weight is 331 g/mol. The first kappa shape index (κ1) is 16.1. The highest BCUT2D eigenvalue weighted by Crippen LogP contribution is 2.32. The van der Waals surface area contributed by atoms with Crippen molar-refractivity contribution in [3.8, 4) is 0 Å². The van der Waals surface area contributed by atoms with Gasteiger partial charge in [0.1, 0.15) is 11.4 Å². The van der Waals surface area contributed by atoms with Gasteiger partial charge in [-0.25, -0.2) is 4.98 Å². The highest BCUT2D eigenvalue weighted by molar-refractivity contribution is 6.42. The van der Waals surface area contributed by atoms with Gasteiger partial charge in [0.15, 0.2) is 0 Å². The molecule has 1 aromatic carbocycles. The molecule has 0 atom stereocenters. The number of halogens is 2. The molecule has 0 unspecified atom stereocenters. The zero-order valence-electron chi connectivity index (χ0n) is 12.0. The third kappa shape index (κ3) is 3.15. The Bertz CT molecular complexity index is 695. The van der Waals surface area contributed by atoms with E-state index in [4.69, 9.17) is 33.0 Å². The van der Waals surface area contributed by atoms with Crippen LogP contribution in [-0.2, 0) is 21.7 Å². The highest BCUT2D eigenvalue weighted by Gasteiger charge is 2.28. The molecule has 114 valence electrons. The van der Waals surface area contributed by atoms with Crippen molar-refractivity contribution in [2.45, 2.75) is 32.4 Å². The van der Waals surface area contributed by atoms with Crippen LogP contribution >= 0.6 is 23.2 Å². The van der Waals surface area contributed by atoms with E-state index >= 15 is 0 Å². The van der Waals surface area contributed by atoms with Gasteiger partial charge in [-0.3, -0.25) is 4.79 Å². The second-order valence-electron chi connectivity index (χ2n) is 5.20. The normalized spacial score (nSPS) is 12.0. The third-order valence-corrected chi connectivity index (χ3v) is 4.11. The van der Waals surface area contributed by atoms with Crippen LogP contribution in [0.2, 0.25) is 10.0 Å². The summed E-state index contributed by atoms with van der Waals surface area (Å²) in [5.74, 6) is -0.238. The number of hydrogen-bond acceptors (Lipinski definition) is 3. The quantitative estimate of drug-likeness (QED) is 0.907. The monoisotopic (exact) mass is 330 g/mol. The van der Waals surface area contributed by atoms with E-state index in [1.807, 2.05) is 18.4 Å². The van der Waals surface area contributed by atoms with Gasteiger partial charge < -0.3 is 14.4 Å². The van der Waals surface area contributed by atoms with Crippen LogP contribution < -0.4 is 0 Å². The standard InChI is InChI=1S/C14H16Cl2N2O3/c1-14(2,21-3)13-17-10-6-8(15)9(16)7-11(10)18(13)5-4-12(19)20/h6-7H,4-5H2,1-3H3,(H,19,20). The molecule has 0 aliphatic rings. The van der Waals surface area contributed by atoms with Crippen molar-refractivity contribution >= 4 is 40.2 Å². The van der Waals surface area contributed by atoms with Crippen molar-refractivity contribution in [2.24, 2.45) is 0 Å². The Morgan fingerprint density at radius 3 is 2.57 bits per heavy atom. The van der Waals surface area contributed by atoms with E-state index in [9.17, 15) is 4.79 Å². The van der Waals surface area contributed by atoms with Gasteiger partial charge in [-0.1, -0.05) is 23.2 Å². The van der Waals surface area contributed by atoms with Crippen molar-refractivity contribution in [3.05, 3.63) is 28.0 Å². The predicted octanol–water partition coefficient (Wildman–Crippen LogP) is 3.70. The molecule has 1 heterocycles. The van der Waals surface area contributed by atoms with Crippen LogP contribution in [0.15, 0.2) is 12.1 Å². The fourth-order valence-corrected chi connectivity index (χ4v) is 2.42. The molecule has 0 bridgehead atoms. The summed E-state index contributed by atoms with van der Waals surface area (Å²) in [7, 11) is 1.58. The summed E-state index contributed by atoms with van der Waals surface area (Å²) >= 11 is 12.1. The highest BCUT2D eigenvalue weighted by atomic mass is 35.5. The fourth-order valence-electron chi connectivity index (χ4n) is 2.10. The molecule has 0 spiro atoms. The van der Waals surface area contributed by atoms with Crippen molar-refractivity contribution in [1.29, 1.82) is 0 Å². The molecule has 0 radical (unpaired) electrons. The molecule has 2 aromatic rings. The van der Waals surface area contributed by atoms with E-state index in [1.165, 1.54) is 0 Å². The second-order valence-corrected chi connectivity index (χ2v) is 6.01. The van der Waals surface area contributed by atoms with Crippen LogP contribution in [0.1, 0.15) is 26.1 Å². The number of benzene rings is 1. The second kappa shape index (κ2) is 5.83. The van der Waals surface area contributed by atoms with E-state index in [1.54, 1.807) is 19.2 Å². The van der Waals surface area contributed by atoms with Crippen LogP contribution in [0.5, 0.6) is 0 Å². The first-order valence-electron chi connectivity index (χ1n) is 6.39. The Hall–Kier alpha value is -1.30. The topological polar surface area (TPSA) is 64.4 Å². The van der Waals surface area contributed by atoms with Crippen molar-refractivity contribution in [3.63, 3.8) is 0 Å². The molecule has 0 aliphatic heterocycles. The Kier molecular flexibility index (Phi) is 4.46. The van der Waals surface area contributed by atoms with Gasteiger partial charge in [0, 0.05) is 13.7 Å². The molecule has 0 aliphatic carbocycles. The zero-order valence-corrected chi connectivity index (χ0v) is 13.5. The number of nitrogens with zero attached hydrogens (tertiary/aromatic N) is 2. The summed E-state index contributed by atoms with van der Waals surface area (Å²) < 4.78 is 7.28. The van der Waals surface area contributed by atoms with Gasteiger partial charge in [0.2, 0.25) is 0 Å². The van der Waals surface area contributed by atoms with Crippen LogP contribution in [-0.4, -0.2) is 27.7 Å². The number of hydrogen-bond donors (Lipinski definition) is 1. The van der Waals surface area contributed by atoms with E-state index in [2.05, 4.69) is 4.98 Å². The number of rotatable bonds is 5. The number of carboxylic acid groups (broad SMARTS) is 1. The lowest BCUT2D eigenvalue weighted by molar-refractivity contribution is -0.137. The average Bonchev–Trinajstić information content (AvgIpc) is 2.75. The van der Waals surface area contributed by atoms with Crippen LogP contribution in [0.3, 0.4) is 0 Å². The number of aromatic nitrogens is 2.